The van der Waals surface area contributed by atoms with Crippen LogP contribution in [0.2, 0.25) is 5.02 Å². The van der Waals surface area contributed by atoms with Crippen molar-refractivity contribution in [3.8, 4) is 0 Å². The Labute approximate surface area is 221 Å². The molecule has 4 aromatic carbocycles. The van der Waals surface area contributed by atoms with Crippen LogP contribution in [-0.4, -0.2) is 20.9 Å². The first kappa shape index (κ1) is 25.8. The van der Waals surface area contributed by atoms with E-state index in [-0.39, 0.29) is 15.6 Å². The minimum atomic E-state index is -4.04. The van der Waals surface area contributed by atoms with Gasteiger partial charge in [-0.05, 0) is 61.0 Å². The molecule has 0 spiro atoms. The molecule has 36 heavy (non-hydrogen) atoms. The number of thioether (sulfide) groups is 1. The van der Waals surface area contributed by atoms with Crippen LogP contribution in [0.5, 0.6) is 0 Å². The van der Waals surface area contributed by atoms with Crippen molar-refractivity contribution in [2.45, 2.75) is 22.5 Å². The molecule has 0 aliphatic rings. The molecule has 0 radical (unpaired) electrons. The molecule has 1 amide bonds. The molecule has 0 aromatic heterocycles. The summed E-state index contributed by atoms with van der Waals surface area (Å²) in [7, 11) is -4.04. The normalized spacial score (nSPS) is 11.2. The summed E-state index contributed by atoms with van der Waals surface area (Å²) in [5, 5.41) is 3.04. The maximum absolute atomic E-state index is 13.5. The number of rotatable bonds is 9. The Morgan fingerprint density at radius 2 is 1.50 bits per heavy atom. The van der Waals surface area contributed by atoms with Crippen LogP contribution in [0.15, 0.2) is 113 Å². The standard InChI is InChI=1S/C28H25ClN2O3S2/c1-21-11-17-25(18-12-21)36(33,34)31(27-10-6-5-9-26(27)29)19-28(32)30-23-15-13-22(14-16-23)20-35-24-7-3-2-4-8-24/h2-18H,19-20H2,1H3,(H,30,32). The quantitative estimate of drug-likeness (QED) is 0.240. The molecule has 4 rings (SSSR count). The number of benzene rings is 4. The lowest BCUT2D eigenvalue weighted by molar-refractivity contribution is -0.114. The lowest BCUT2D eigenvalue weighted by Gasteiger charge is -2.25. The first-order valence-electron chi connectivity index (χ1n) is 11.2. The van der Waals surface area contributed by atoms with Crippen LogP contribution in [0.25, 0.3) is 0 Å². The van der Waals surface area contributed by atoms with Crippen LogP contribution in [0.3, 0.4) is 0 Å². The van der Waals surface area contributed by atoms with Gasteiger partial charge in [0.1, 0.15) is 6.54 Å². The zero-order valence-electron chi connectivity index (χ0n) is 19.6. The second kappa shape index (κ2) is 11.6. The van der Waals surface area contributed by atoms with Crippen LogP contribution in [0, 0.1) is 6.92 Å². The molecule has 5 nitrogen and oxygen atoms in total. The van der Waals surface area contributed by atoms with Crippen molar-refractivity contribution in [1.29, 1.82) is 0 Å². The van der Waals surface area contributed by atoms with Gasteiger partial charge in [-0.1, -0.05) is 71.8 Å². The van der Waals surface area contributed by atoms with Gasteiger partial charge in [-0.25, -0.2) is 8.42 Å². The topological polar surface area (TPSA) is 66.5 Å². The molecular formula is C28H25ClN2O3S2. The van der Waals surface area contributed by atoms with Crippen molar-refractivity contribution < 1.29 is 13.2 Å². The molecule has 0 aliphatic carbocycles. The summed E-state index contributed by atoms with van der Waals surface area (Å²) in [6, 6.07) is 30.7. The number of carbonyl (C=O) groups is 1. The molecule has 4 aromatic rings. The first-order chi connectivity index (χ1) is 17.3. The van der Waals surface area contributed by atoms with E-state index in [1.807, 2.05) is 49.4 Å². The summed E-state index contributed by atoms with van der Waals surface area (Å²) in [6.45, 7) is 1.45. The third kappa shape index (κ3) is 6.49. The third-order valence-corrected chi connectivity index (χ3v) is 8.58. The van der Waals surface area contributed by atoms with E-state index >= 15 is 0 Å². The van der Waals surface area contributed by atoms with Crippen LogP contribution in [0.1, 0.15) is 11.1 Å². The second-order valence-electron chi connectivity index (χ2n) is 8.12. The van der Waals surface area contributed by atoms with E-state index in [0.717, 1.165) is 21.2 Å². The number of aryl methyl sites for hydroxylation is 1. The average Bonchev–Trinajstić information content (AvgIpc) is 2.88. The van der Waals surface area contributed by atoms with Gasteiger partial charge >= 0.3 is 0 Å². The lowest BCUT2D eigenvalue weighted by atomic mass is 10.2. The van der Waals surface area contributed by atoms with Gasteiger partial charge in [-0.2, -0.15) is 0 Å². The monoisotopic (exact) mass is 536 g/mol. The Balaban J connectivity index is 1.49. The van der Waals surface area contributed by atoms with Gasteiger partial charge in [0.05, 0.1) is 15.6 Å². The molecule has 0 atom stereocenters. The minimum Gasteiger partial charge on any atom is -0.325 e. The molecule has 0 aliphatic heterocycles. The van der Waals surface area contributed by atoms with Crippen LogP contribution >= 0.6 is 23.4 Å². The molecule has 0 fully saturated rings. The molecular weight excluding hydrogens is 512 g/mol. The fourth-order valence-electron chi connectivity index (χ4n) is 3.49. The van der Waals surface area contributed by atoms with E-state index in [4.69, 9.17) is 11.6 Å². The number of hydrogen-bond donors (Lipinski definition) is 1. The number of hydrogen-bond acceptors (Lipinski definition) is 4. The number of anilines is 2. The number of carbonyl (C=O) groups excluding carboxylic acids is 1. The van der Waals surface area contributed by atoms with Gasteiger partial charge in [0.2, 0.25) is 5.91 Å². The van der Waals surface area contributed by atoms with E-state index < -0.39 is 22.5 Å². The van der Waals surface area contributed by atoms with Crippen LogP contribution in [0.4, 0.5) is 11.4 Å². The van der Waals surface area contributed by atoms with Crippen molar-refractivity contribution in [3.05, 3.63) is 119 Å². The largest absolute Gasteiger partial charge is 0.325 e. The lowest BCUT2D eigenvalue weighted by Crippen LogP contribution is -2.38. The Bertz CT molecular complexity index is 1430. The summed E-state index contributed by atoms with van der Waals surface area (Å²) in [5.41, 5.74) is 2.87. The smallest absolute Gasteiger partial charge is 0.264 e. The highest BCUT2D eigenvalue weighted by molar-refractivity contribution is 7.98. The third-order valence-electron chi connectivity index (χ3n) is 5.40. The highest BCUT2D eigenvalue weighted by Gasteiger charge is 2.28. The Morgan fingerprint density at radius 1 is 0.861 bits per heavy atom. The number of sulfonamides is 1. The fourth-order valence-corrected chi connectivity index (χ4v) is 6.09. The van der Waals surface area contributed by atoms with Crippen LogP contribution in [-0.2, 0) is 20.6 Å². The van der Waals surface area contributed by atoms with Gasteiger partial charge in [0.25, 0.3) is 10.0 Å². The Kier molecular flexibility index (Phi) is 8.36. The highest BCUT2D eigenvalue weighted by Crippen LogP contribution is 2.30. The Hall–Kier alpha value is -3.26. The Morgan fingerprint density at radius 3 is 2.17 bits per heavy atom. The molecule has 0 heterocycles. The predicted molar refractivity (Wildman–Crippen MR) is 148 cm³/mol. The van der Waals surface area contributed by atoms with Gasteiger partial charge in [-0.15, -0.1) is 11.8 Å². The molecule has 184 valence electrons. The molecule has 0 saturated heterocycles. The van der Waals surface area contributed by atoms with E-state index in [2.05, 4.69) is 17.4 Å². The van der Waals surface area contributed by atoms with Crippen LogP contribution < -0.4 is 9.62 Å². The van der Waals surface area contributed by atoms with E-state index in [1.54, 1.807) is 48.2 Å². The van der Waals surface area contributed by atoms with Gasteiger partial charge in [-0.3, -0.25) is 9.10 Å². The number of para-hydroxylation sites is 1. The van der Waals surface area contributed by atoms with Gasteiger partial charge in [0, 0.05) is 16.3 Å². The zero-order valence-corrected chi connectivity index (χ0v) is 22.0. The summed E-state index contributed by atoms with van der Waals surface area (Å²) < 4.78 is 28.0. The molecule has 0 unspecified atom stereocenters. The van der Waals surface area contributed by atoms with Gasteiger partial charge in [0.15, 0.2) is 0 Å². The van der Waals surface area contributed by atoms with Crippen molar-refractivity contribution in [1.82, 2.24) is 0 Å². The molecule has 1 N–H and O–H groups in total. The minimum absolute atomic E-state index is 0.0843. The average molecular weight is 537 g/mol. The fraction of sp³-hybridized carbons (Fsp3) is 0.107. The predicted octanol–water partition coefficient (Wildman–Crippen LogP) is 6.77. The SMILES string of the molecule is Cc1ccc(S(=O)(=O)N(CC(=O)Nc2ccc(CSc3ccccc3)cc2)c2ccccc2Cl)cc1. The number of halogens is 1. The number of nitrogens with one attached hydrogen (secondary N) is 1. The maximum atomic E-state index is 13.5. The highest BCUT2D eigenvalue weighted by atomic mass is 35.5. The summed E-state index contributed by atoms with van der Waals surface area (Å²) in [4.78, 5) is 14.2. The maximum Gasteiger partial charge on any atom is 0.264 e. The summed E-state index contributed by atoms with van der Waals surface area (Å²) in [6.07, 6.45) is 0. The molecule has 0 saturated carbocycles. The van der Waals surface area contributed by atoms with Crippen molar-refractivity contribution >= 4 is 50.7 Å². The van der Waals surface area contributed by atoms with Crippen molar-refractivity contribution in [2.75, 3.05) is 16.2 Å². The molecule has 0 bridgehead atoms. The zero-order chi connectivity index (χ0) is 25.5. The van der Waals surface area contributed by atoms with E-state index in [9.17, 15) is 13.2 Å². The van der Waals surface area contributed by atoms with E-state index in [0.29, 0.717) is 5.69 Å². The first-order valence-corrected chi connectivity index (χ1v) is 14.0. The number of nitrogens with zero attached hydrogens (tertiary/aromatic N) is 1. The van der Waals surface area contributed by atoms with Crippen molar-refractivity contribution in [3.63, 3.8) is 0 Å². The summed E-state index contributed by atoms with van der Waals surface area (Å²) in [5.74, 6) is 0.324. The summed E-state index contributed by atoms with van der Waals surface area (Å²) >= 11 is 8.06. The van der Waals surface area contributed by atoms with Crippen molar-refractivity contribution in [2.24, 2.45) is 0 Å². The number of amides is 1. The van der Waals surface area contributed by atoms with Gasteiger partial charge < -0.3 is 5.32 Å². The van der Waals surface area contributed by atoms with E-state index in [1.165, 1.54) is 17.0 Å². The second-order valence-corrected chi connectivity index (χ2v) is 11.4. The molecule has 8 heteroatoms.